The summed E-state index contributed by atoms with van der Waals surface area (Å²) in [6.45, 7) is 9.65. The van der Waals surface area contributed by atoms with E-state index in [4.69, 9.17) is 0 Å². The molecule has 0 aliphatic carbocycles. The maximum atomic E-state index is 13.2. The van der Waals surface area contributed by atoms with E-state index in [1.54, 1.807) is 6.07 Å². The maximum Gasteiger partial charge on any atom is 0.123 e. The number of nitrogens with zero attached hydrogens (tertiary/aromatic N) is 1. The Morgan fingerprint density at radius 1 is 1.32 bits per heavy atom. The molecule has 0 atom stereocenters. The van der Waals surface area contributed by atoms with Crippen molar-refractivity contribution >= 4 is 0 Å². The van der Waals surface area contributed by atoms with Crippen LogP contribution in [0.3, 0.4) is 0 Å². The Kier molecular flexibility index (Phi) is 4.94. The number of aryl methyl sites for hydroxylation is 1. The molecule has 0 bridgehead atoms. The van der Waals surface area contributed by atoms with Crippen molar-refractivity contribution in [3.8, 4) is 0 Å². The van der Waals surface area contributed by atoms with E-state index >= 15 is 0 Å². The summed E-state index contributed by atoms with van der Waals surface area (Å²) < 4.78 is 13.2. The first-order valence-corrected chi connectivity index (χ1v) is 7.28. The zero-order chi connectivity index (χ0) is 13.8. The van der Waals surface area contributed by atoms with E-state index in [9.17, 15) is 4.39 Å². The first-order valence-electron chi connectivity index (χ1n) is 7.28. The summed E-state index contributed by atoms with van der Waals surface area (Å²) in [6, 6.07) is 6.24. The molecule has 19 heavy (non-hydrogen) atoms. The molecule has 1 N–H and O–H groups in total. The van der Waals surface area contributed by atoms with Gasteiger partial charge in [-0.2, -0.15) is 0 Å². The van der Waals surface area contributed by atoms with Gasteiger partial charge in [-0.1, -0.05) is 6.07 Å². The van der Waals surface area contributed by atoms with Gasteiger partial charge in [0.2, 0.25) is 0 Å². The molecule has 0 aromatic heterocycles. The highest BCUT2D eigenvalue weighted by atomic mass is 19.1. The smallest absolute Gasteiger partial charge is 0.123 e. The standard InChI is InChI=1S/C16H25FN2/c1-12(2)19-8-6-16(7-9-19)18-11-14-10-15(17)5-4-13(14)3/h4-5,10,12,16,18H,6-9,11H2,1-3H3. The molecule has 0 saturated carbocycles. The van der Waals surface area contributed by atoms with Gasteiger partial charge in [-0.05, 0) is 70.0 Å². The lowest BCUT2D eigenvalue weighted by Crippen LogP contribution is -2.44. The van der Waals surface area contributed by atoms with Crippen molar-refractivity contribution in [2.75, 3.05) is 13.1 Å². The number of rotatable bonds is 4. The lowest BCUT2D eigenvalue weighted by molar-refractivity contribution is 0.161. The summed E-state index contributed by atoms with van der Waals surface area (Å²) in [4.78, 5) is 2.52. The minimum atomic E-state index is -0.142. The van der Waals surface area contributed by atoms with Gasteiger partial charge in [0.05, 0.1) is 0 Å². The highest BCUT2D eigenvalue weighted by Gasteiger charge is 2.20. The predicted octanol–water partition coefficient (Wildman–Crippen LogP) is 3.10. The fourth-order valence-electron chi connectivity index (χ4n) is 2.70. The number of benzene rings is 1. The summed E-state index contributed by atoms with van der Waals surface area (Å²) in [5, 5.41) is 3.57. The Labute approximate surface area is 116 Å². The number of hydrogen-bond donors (Lipinski definition) is 1. The average molecular weight is 264 g/mol. The molecule has 2 nitrogen and oxygen atoms in total. The van der Waals surface area contributed by atoms with Crippen molar-refractivity contribution in [1.82, 2.24) is 10.2 Å². The normalized spacial score (nSPS) is 18.2. The van der Waals surface area contributed by atoms with Crippen LogP contribution in [0.5, 0.6) is 0 Å². The summed E-state index contributed by atoms with van der Waals surface area (Å²) in [6.07, 6.45) is 2.37. The number of hydrogen-bond acceptors (Lipinski definition) is 2. The van der Waals surface area contributed by atoms with E-state index in [0.717, 1.165) is 30.8 Å². The van der Waals surface area contributed by atoms with Crippen LogP contribution in [0.15, 0.2) is 18.2 Å². The Morgan fingerprint density at radius 3 is 2.63 bits per heavy atom. The van der Waals surface area contributed by atoms with Crippen molar-refractivity contribution in [1.29, 1.82) is 0 Å². The van der Waals surface area contributed by atoms with E-state index in [1.165, 1.54) is 18.9 Å². The highest BCUT2D eigenvalue weighted by molar-refractivity contribution is 5.26. The average Bonchev–Trinajstić information content (AvgIpc) is 2.40. The molecule has 1 heterocycles. The maximum absolute atomic E-state index is 13.2. The largest absolute Gasteiger partial charge is 0.310 e. The van der Waals surface area contributed by atoms with Crippen LogP contribution in [0.2, 0.25) is 0 Å². The molecule has 1 aromatic rings. The summed E-state index contributed by atoms with van der Waals surface area (Å²) >= 11 is 0. The molecule has 106 valence electrons. The second-order valence-electron chi connectivity index (χ2n) is 5.86. The van der Waals surface area contributed by atoms with Crippen LogP contribution >= 0.6 is 0 Å². The van der Waals surface area contributed by atoms with Gasteiger partial charge in [-0.25, -0.2) is 4.39 Å². The van der Waals surface area contributed by atoms with Crippen LogP contribution in [-0.2, 0) is 6.54 Å². The molecule has 3 heteroatoms. The molecule has 0 unspecified atom stereocenters. The summed E-state index contributed by atoms with van der Waals surface area (Å²) in [7, 11) is 0. The molecule has 1 aliphatic rings. The third-order valence-corrected chi connectivity index (χ3v) is 4.15. The van der Waals surface area contributed by atoms with E-state index in [0.29, 0.717) is 12.1 Å². The predicted molar refractivity (Wildman–Crippen MR) is 77.7 cm³/mol. The third kappa shape index (κ3) is 4.02. The van der Waals surface area contributed by atoms with Crippen molar-refractivity contribution in [3.63, 3.8) is 0 Å². The van der Waals surface area contributed by atoms with Gasteiger partial charge in [0.15, 0.2) is 0 Å². The van der Waals surface area contributed by atoms with Crippen molar-refractivity contribution in [3.05, 3.63) is 35.1 Å². The van der Waals surface area contributed by atoms with Gasteiger partial charge in [0.25, 0.3) is 0 Å². The van der Waals surface area contributed by atoms with Crippen molar-refractivity contribution in [2.45, 2.75) is 52.2 Å². The van der Waals surface area contributed by atoms with Crippen LogP contribution in [0.1, 0.15) is 37.8 Å². The van der Waals surface area contributed by atoms with Crippen LogP contribution in [0, 0.1) is 12.7 Å². The number of likely N-dealkylation sites (tertiary alicyclic amines) is 1. The fourth-order valence-corrected chi connectivity index (χ4v) is 2.70. The molecule has 2 rings (SSSR count). The molecule has 0 spiro atoms. The molecule has 1 aliphatic heterocycles. The minimum Gasteiger partial charge on any atom is -0.310 e. The third-order valence-electron chi connectivity index (χ3n) is 4.15. The molecule has 0 radical (unpaired) electrons. The molecular formula is C16H25FN2. The van der Waals surface area contributed by atoms with Crippen LogP contribution in [-0.4, -0.2) is 30.1 Å². The van der Waals surface area contributed by atoms with E-state index in [-0.39, 0.29) is 5.82 Å². The monoisotopic (exact) mass is 264 g/mol. The van der Waals surface area contributed by atoms with Gasteiger partial charge >= 0.3 is 0 Å². The van der Waals surface area contributed by atoms with Crippen LogP contribution in [0.4, 0.5) is 4.39 Å². The van der Waals surface area contributed by atoms with Gasteiger partial charge in [-0.3, -0.25) is 0 Å². The molecule has 1 saturated heterocycles. The van der Waals surface area contributed by atoms with Crippen LogP contribution < -0.4 is 5.32 Å². The Morgan fingerprint density at radius 2 is 2.00 bits per heavy atom. The second-order valence-corrected chi connectivity index (χ2v) is 5.86. The lowest BCUT2D eigenvalue weighted by Gasteiger charge is -2.35. The number of halogens is 1. The Hall–Kier alpha value is -0.930. The Bertz CT molecular complexity index is 409. The number of nitrogens with one attached hydrogen (secondary N) is 1. The summed E-state index contributed by atoms with van der Waals surface area (Å²) in [5.74, 6) is -0.142. The highest BCUT2D eigenvalue weighted by Crippen LogP contribution is 2.15. The molecule has 1 fully saturated rings. The molecule has 1 aromatic carbocycles. The van der Waals surface area contributed by atoms with Gasteiger partial charge in [0.1, 0.15) is 5.82 Å². The molecular weight excluding hydrogens is 239 g/mol. The van der Waals surface area contributed by atoms with E-state index in [1.807, 2.05) is 13.0 Å². The molecule has 0 amide bonds. The Balaban J connectivity index is 1.82. The zero-order valence-electron chi connectivity index (χ0n) is 12.2. The zero-order valence-corrected chi connectivity index (χ0v) is 12.2. The van der Waals surface area contributed by atoms with E-state index < -0.39 is 0 Å². The van der Waals surface area contributed by atoms with Gasteiger partial charge < -0.3 is 10.2 Å². The van der Waals surface area contributed by atoms with Gasteiger partial charge in [0, 0.05) is 18.6 Å². The van der Waals surface area contributed by atoms with Gasteiger partial charge in [-0.15, -0.1) is 0 Å². The quantitative estimate of drug-likeness (QED) is 0.899. The first kappa shape index (κ1) is 14.5. The van der Waals surface area contributed by atoms with Crippen molar-refractivity contribution in [2.24, 2.45) is 0 Å². The second kappa shape index (κ2) is 6.49. The van der Waals surface area contributed by atoms with E-state index in [2.05, 4.69) is 24.1 Å². The van der Waals surface area contributed by atoms with Crippen molar-refractivity contribution < 1.29 is 4.39 Å². The van der Waals surface area contributed by atoms with Crippen LogP contribution in [0.25, 0.3) is 0 Å². The minimum absolute atomic E-state index is 0.142. The lowest BCUT2D eigenvalue weighted by atomic mass is 10.0. The fraction of sp³-hybridized carbons (Fsp3) is 0.625. The topological polar surface area (TPSA) is 15.3 Å². The first-order chi connectivity index (χ1) is 9.06. The SMILES string of the molecule is Cc1ccc(F)cc1CNC1CCN(C(C)C)CC1. The number of piperidine rings is 1. The summed E-state index contributed by atoms with van der Waals surface area (Å²) in [5.41, 5.74) is 2.24.